The van der Waals surface area contributed by atoms with Gasteiger partial charge in [0.2, 0.25) is 6.41 Å². The second-order valence-electron chi connectivity index (χ2n) is 8.97. The van der Waals surface area contributed by atoms with Crippen LogP contribution in [0.25, 0.3) is 22.1 Å². The molecular formula is C27H31N3O7. The second kappa shape index (κ2) is 12.8. The lowest BCUT2D eigenvalue weighted by atomic mass is 9.89. The first kappa shape index (κ1) is 27.5. The van der Waals surface area contributed by atoms with Gasteiger partial charge in [-0.3, -0.25) is 14.4 Å². The highest BCUT2D eigenvalue weighted by atomic mass is 16.6. The molecule has 0 radical (unpaired) electrons. The fourth-order valence-electron chi connectivity index (χ4n) is 4.21. The molecule has 1 aromatic heterocycles. The zero-order chi connectivity index (χ0) is 26.9. The molecule has 10 heteroatoms. The lowest BCUT2D eigenvalue weighted by Crippen LogP contribution is -2.31. The van der Waals surface area contributed by atoms with Gasteiger partial charge >= 0.3 is 17.9 Å². The van der Waals surface area contributed by atoms with Gasteiger partial charge in [0.15, 0.2) is 0 Å². The third kappa shape index (κ3) is 6.58. The Labute approximate surface area is 214 Å². The van der Waals surface area contributed by atoms with E-state index in [2.05, 4.69) is 24.1 Å². The zero-order valence-corrected chi connectivity index (χ0v) is 21.4. The summed E-state index contributed by atoms with van der Waals surface area (Å²) in [5.41, 5.74) is 2.39. The number of benzene rings is 2. The lowest BCUT2D eigenvalue weighted by molar-refractivity contribution is -0.161. The molecule has 0 aliphatic heterocycles. The molecule has 196 valence electrons. The van der Waals surface area contributed by atoms with Crippen molar-refractivity contribution in [1.82, 2.24) is 15.3 Å². The van der Waals surface area contributed by atoms with Gasteiger partial charge in [-0.1, -0.05) is 44.9 Å². The van der Waals surface area contributed by atoms with Crippen molar-refractivity contribution in [3.05, 3.63) is 47.5 Å². The number of aromatic nitrogens is 2. The minimum absolute atomic E-state index is 0.267. The molecule has 1 N–H and O–H groups in total. The fraction of sp³-hybridized carbons (Fsp3) is 0.407. The van der Waals surface area contributed by atoms with Gasteiger partial charge in [0, 0.05) is 5.56 Å². The number of amides is 1. The molecule has 2 aromatic carbocycles. The van der Waals surface area contributed by atoms with Crippen LogP contribution in [-0.4, -0.2) is 55.1 Å². The number of methoxy groups -OCH3 is 2. The average Bonchev–Trinajstić information content (AvgIpc) is 2.90. The number of carbonyl (C=O) groups excluding carboxylic acids is 4. The monoisotopic (exact) mass is 509 g/mol. The fourth-order valence-corrected chi connectivity index (χ4v) is 4.21. The van der Waals surface area contributed by atoms with E-state index in [9.17, 15) is 19.2 Å². The molecule has 3 rings (SSSR count). The van der Waals surface area contributed by atoms with Gasteiger partial charge in [0.25, 0.3) is 0 Å². The maximum atomic E-state index is 12.9. The van der Waals surface area contributed by atoms with Gasteiger partial charge in [-0.15, -0.1) is 0 Å². The summed E-state index contributed by atoms with van der Waals surface area (Å²) >= 11 is 0. The average molecular weight is 510 g/mol. The van der Waals surface area contributed by atoms with Crippen molar-refractivity contribution in [1.29, 1.82) is 0 Å². The van der Waals surface area contributed by atoms with E-state index in [4.69, 9.17) is 19.2 Å². The largest absolute Gasteiger partial charge is 0.469 e. The number of hydrogen-bond donors (Lipinski definition) is 1. The Bertz CT molecular complexity index is 1290. The number of carbonyl (C=O) groups is 4. The van der Waals surface area contributed by atoms with Crippen molar-refractivity contribution in [3.63, 3.8) is 0 Å². The first-order chi connectivity index (χ1) is 17.8. The van der Waals surface area contributed by atoms with Crippen LogP contribution in [-0.2, 0) is 28.6 Å². The molecule has 1 amide bonds. The highest BCUT2D eigenvalue weighted by molar-refractivity contribution is 6.03. The Morgan fingerprint density at radius 1 is 0.946 bits per heavy atom. The van der Waals surface area contributed by atoms with Crippen molar-refractivity contribution in [2.45, 2.75) is 39.2 Å². The number of nitrogens with zero attached hydrogens (tertiary/aromatic N) is 2. The predicted molar refractivity (Wildman–Crippen MR) is 135 cm³/mol. The van der Waals surface area contributed by atoms with Crippen LogP contribution < -0.4 is 5.32 Å². The van der Waals surface area contributed by atoms with Crippen LogP contribution >= 0.6 is 0 Å². The summed E-state index contributed by atoms with van der Waals surface area (Å²) in [6.07, 6.45) is 1.34. The van der Waals surface area contributed by atoms with Crippen LogP contribution in [0.5, 0.6) is 0 Å². The van der Waals surface area contributed by atoms with E-state index in [1.807, 2.05) is 0 Å². The second-order valence-corrected chi connectivity index (χ2v) is 8.97. The molecule has 1 heterocycles. The topological polar surface area (TPSA) is 134 Å². The Hall–Kier alpha value is -4.08. The molecular weight excluding hydrogens is 478 g/mol. The summed E-state index contributed by atoms with van der Waals surface area (Å²) in [7, 11) is 2.58. The van der Waals surface area contributed by atoms with Gasteiger partial charge in [-0.2, -0.15) is 0 Å². The van der Waals surface area contributed by atoms with E-state index >= 15 is 0 Å². The molecule has 10 nitrogen and oxygen atoms in total. The molecule has 0 spiro atoms. The molecule has 2 atom stereocenters. The summed E-state index contributed by atoms with van der Waals surface area (Å²) in [5, 5.41) is 2.29. The summed E-state index contributed by atoms with van der Waals surface area (Å²) in [6.45, 7) is 3.81. The zero-order valence-electron chi connectivity index (χ0n) is 21.4. The molecule has 3 aromatic rings. The Balaban J connectivity index is 2.17. The number of para-hydroxylation sites is 2. The van der Waals surface area contributed by atoms with Gasteiger partial charge < -0.3 is 19.5 Å². The molecule has 0 saturated heterocycles. The maximum Gasteiger partial charge on any atom is 0.340 e. The van der Waals surface area contributed by atoms with Crippen LogP contribution in [0, 0.1) is 11.8 Å². The molecule has 0 bridgehead atoms. The molecule has 0 fully saturated rings. The highest BCUT2D eigenvalue weighted by Crippen LogP contribution is 2.35. The van der Waals surface area contributed by atoms with E-state index in [1.54, 1.807) is 36.4 Å². The summed E-state index contributed by atoms with van der Waals surface area (Å²) in [5.74, 6) is -2.17. The molecule has 0 aliphatic rings. The van der Waals surface area contributed by atoms with E-state index in [0.717, 1.165) is 6.42 Å². The summed E-state index contributed by atoms with van der Waals surface area (Å²) < 4.78 is 15.7. The van der Waals surface area contributed by atoms with Crippen molar-refractivity contribution >= 4 is 46.4 Å². The lowest BCUT2D eigenvalue weighted by Gasteiger charge is -2.26. The van der Waals surface area contributed by atoms with Crippen LogP contribution in [0.1, 0.15) is 55.1 Å². The third-order valence-electron chi connectivity index (χ3n) is 5.99. The smallest absolute Gasteiger partial charge is 0.340 e. The van der Waals surface area contributed by atoms with Crippen molar-refractivity contribution in [2.24, 2.45) is 11.8 Å². The van der Waals surface area contributed by atoms with Crippen LogP contribution in [0.2, 0.25) is 0 Å². The number of ether oxygens (including phenoxy) is 3. The van der Waals surface area contributed by atoms with Crippen LogP contribution in [0.15, 0.2) is 36.4 Å². The molecule has 37 heavy (non-hydrogen) atoms. The van der Waals surface area contributed by atoms with E-state index in [1.165, 1.54) is 14.2 Å². The Kier molecular flexibility index (Phi) is 9.48. The molecule has 0 unspecified atom stereocenters. The number of hydrogen-bond acceptors (Lipinski definition) is 9. The number of fused-ring (bicyclic) bond motifs is 2. The minimum atomic E-state index is -1.04. The quantitative estimate of drug-likeness (QED) is 0.168. The first-order valence-corrected chi connectivity index (χ1v) is 12.0. The van der Waals surface area contributed by atoms with Crippen molar-refractivity contribution in [3.8, 4) is 0 Å². The minimum Gasteiger partial charge on any atom is -0.469 e. The Morgan fingerprint density at radius 2 is 1.62 bits per heavy atom. The van der Waals surface area contributed by atoms with Crippen molar-refractivity contribution in [2.75, 3.05) is 20.8 Å². The first-order valence-electron chi connectivity index (χ1n) is 12.0. The number of esters is 3. The predicted octanol–water partition coefficient (Wildman–Crippen LogP) is 3.52. The highest BCUT2D eigenvalue weighted by Gasteiger charge is 2.35. The van der Waals surface area contributed by atoms with E-state index in [0.29, 0.717) is 52.8 Å². The number of rotatable bonds is 12. The standard InChI is InChI=1S/C27H31N3O7/c1-16(2)8-5-11-19(27(34)36-4)25(37-22(32)14-28-15-31)17-9-6-12-20-23(17)29-21-13-7-10-18(24(21)30-20)26(33)35-3/h6-7,9-10,12-13,15-16,19,25H,5,8,11,14H2,1-4H3,(H,28,31)/t19-,25-/m1/s1. The van der Waals surface area contributed by atoms with Crippen LogP contribution in [0.3, 0.4) is 0 Å². The van der Waals surface area contributed by atoms with E-state index in [-0.39, 0.29) is 12.1 Å². The molecule has 0 aliphatic carbocycles. The normalized spacial score (nSPS) is 12.7. The van der Waals surface area contributed by atoms with Gasteiger partial charge in [0.05, 0.1) is 42.3 Å². The maximum absolute atomic E-state index is 12.9. The van der Waals surface area contributed by atoms with Gasteiger partial charge in [0.1, 0.15) is 18.2 Å². The van der Waals surface area contributed by atoms with Crippen molar-refractivity contribution < 1.29 is 33.4 Å². The van der Waals surface area contributed by atoms with Gasteiger partial charge in [-0.05, 0) is 30.5 Å². The molecule has 0 saturated carbocycles. The van der Waals surface area contributed by atoms with Gasteiger partial charge in [-0.25, -0.2) is 14.8 Å². The van der Waals surface area contributed by atoms with Crippen LogP contribution in [0.4, 0.5) is 0 Å². The van der Waals surface area contributed by atoms with E-state index < -0.39 is 29.9 Å². The SMILES string of the molecule is COC(=O)c1cccc2nc3c([C@@H](OC(=O)CNC=O)[C@@H](CCCC(C)C)C(=O)OC)cccc3nc12. The third-order valence-corrected chi connectivity index (χ3v) is 5.99. The summed E-state index contributed by atoms with van der Waals surface area (Å²) in [6, 6.07) is 10.1. The Morgan fingerprint density at radius 3 is 2.27 bits per heavy atom. The number of nitrogens with one attached hydrogen (secondary N) is 1. The summed E-state index contributed by atoms with van der Waals surface area (Å²) in [4.78, 5) is 57.9.